The fourth-order valence-corrected chi connectivity index (χ4v) is 4.63. The van der Waals surface area contributed by atoms with Gasteiger partial charge in [0.15, 0.2) is 27.9 Å². The molecule has 0 aromatic heterocycles. The van der Waals surface area contributed by atoms with Crippen LogP contribution in [0.15, 0.2) is 12.1 Å². The van der Waals surface area contributed by atoms with Crippen LogP contribution in [0.4, 0.5) is 0 Å². The van der Waals surface area contributed by atoms with E-state index >= 15 is 0 Å². The van der Waals surface area contributed by atoms with Gasteiger partial charge < -0.3 is 23.8 Å². The van der Waals surface area contributed by atoms with Crippen molar-refractivity contribution in [1.82, 2.24) is 4.90 Å². The first kappa shape index (κ1) is 20.8. The average Bonchev–Trinajstić information content (AvgIpc) is 3.03. The van der Waals surface area contributed by atoms with Gasteiger partial charge in [0.05, 0.1) is 32.8 Å². The lowest BCUT2D eigenvalue weighted by Crippen LogP contribution is -2.40. The fraction of sp³-hybridized carbons (Fsp3) is 0.529. The summed E-state index contributed by atoms with van der Waals surface area (Å²) in [7, 11) is 2.61. The minimum absolute atomic E-state index is 0.0535. The number of ether oxygens (including phenoxy) is 4. The molecule has 0 spiro atoms. The van der Waals surface area contributed by atoms with Gasteiger partial charge >= 0.3 is 5.97 Å². The molecule has 0 aliphatic carbocycles. The Balaban J connectivity index is 2.06. The van der Waals surface area contributed by atoms with Crippen LogP contribution in [0.1, 0.15) is 16.8 Å². The number of amides is 1. The molecule has 0 radical (unpaired) electrons. The summed E-state index contributed by atoms with van der Waals surface area (Å²) in [5.74, 6) is -0.536. The third-order valence-corrected chi connectivity index (χ3v) is 6.15. The summed E-state index contributed by atoms with van der Waals surface area (Å²) < 4.78 is 43.7. The first-order chi connectivity index (χ1) is 12.7. The molecule has 1 fully saturated rings. The Hall–Kier alpha value is -2.49. The van der Waals surface area contributed by atoms with Gasteiger partial charge in [0.25, 0.3) is 5.91 Å². The Morgan fingerprint density at radius 2 is 1.78 bits per heavy atom. The molecule has 0 N–H and O–H groups in total. The average molecular weight is 401 g/mol. The number of rotatable bonds is 7. The van der Waals surface area contributed by atoms with Crippen LogP contribution in [0.25, 0.3) is 0 Å². The molecule has 150 valence electrons. The second-order valence-corrected chi connectivity index (χ2v) is 8.25. The summed E-state index contributed by atoms with van der Waals surface area (Å²) >= 11 is 0. The van der Waals surface area contributed by atoms with Crippen LogP contribution in [-0.4, -0.2) is 77.7 Å². The number of esters is 1. The fourth-order valence-electron chi connectivity index (χ4n) is 2.85. The summed E-state index contributed by atoms with van der Waals surface area (Å²) in [6.45, 7) is -0.511. The molecule has 10 heteroatoms. The van der Waals surface area contributed by atoms with Crippen LogP contribution in [0.2, 0.25) is 0 Å². The zero-order valence-corrected chi connectivity index (χ0v) is 16.5. The van der Waals surface area contributed by atoms with Crippen molar-refractivity contribution in [2.75, 3.05) is 46.5 Å². The van der Waals surface area contributed by atoms with Gasteiger partial charge in [0.2, 0.25) is 5.75 Å². The molecule has 1 heterocycles. The van der Waals surface area contributed by atoms with E-state index in [0.29, 0.717) is 12.2 Å². The quantitative estimate of drug-likeness (QED) is 0.608. The number of likely N-dealkylation sites (N-methyl/N-ethyl adjacent to an activating group) is 1. The zero-order chi connectivity index (χ0) is 20.2. The summed E-state index contributed by atoms with van der Waals surface area (Å²) in [5, 5.41) is 0. The lowest BCUT2D eigenvalue weighted by Gasteiger charge is -2.23. The summed E-state index contributed by atoms with van der Waals surface area (Å²) in [6.07, 6.45) is 0.377. The van der Waals surface area contributed by atoms with E-state index in [4.69, 9.17) is 18.9 Å². The number of nitrogens with zero attached hydrogens (tertiary/aromatic N) is 1. The summed E-state index contributed by atoms with van der Waals surface area (Å²) in [4.78, 5) is 25.9. The topological polar surface area (TPSA) is 108 Å². The van der Waals surface area contributed by atoms with Gasteiger partial charge in [-0.3, -0.25) is 4.79 Å². The lowest BCUT2D eigenvalue weighted by molar-refractivity contribution is -0.134. The highest BCUT2D eigenvalue weighted by Gasteiger charge is 2.33. The first-order valence-electron chi connectivity index (χ1n) is 8.16. The summed E-state index contributed by atoms with van der Waals surface area (Å²) in [6, 6.07) is 2.56. The maximum absolute atomic E-state index is 12.4. The number of carbonyl (C=O) groups is 2. The standard InChI is InChI=1S/C17H23NO8S/c1-18(11-7-8-27(21,22)10-11)14(19)9-26-17(20)12-5-6-13(23-2)16(25-4)15(12)24-3/h5-6,11H,7-10H2,1-4H3. The molecule has 1 unspecified atom stereocenters. The molecule has 1 aromatic rings. The van der Waals surface area contributed by atoms with Crippen molar-refractivity contribution in [2.24, 2.45) is 0 Å². The molecule has 0 saturated carbocycles. The first-order valence-corrected chi connectivity index (χ1v) is 9.98. The van der Waals surface area contributed by atoms with Gasteiger partial charge in [-0.1, -0.05) is 0 Å². The van der Waals surface area contributed by atoms with E-state index in [2.05, 4.69) is 0 Å². The highest BCUT2D eigenvalue weighted by atomic mass is 32.2. The molecular formula is C17H23NO8S. The van der Waals surface area contributed by atoms with Crippen LogP contribution in [0, 0.1) is 0 Å². The molecular weight excluding hydrogens is 378 g/mol. The number of sulfone groups is 1. The highest BCUT2D eigenvalue weighted by Crippen LogP contribution is 2.39. The second kappa shape index (κ2) is 8.47. The molecule has 1 saturated heterocycles. The van der Waals surface area contributed by atoms with Crippen molar-refractivity contribution in [3.8, 4) is 17.2 Å². The van der Waals surface area contributed by atoms with Crippen LogP contribution in [0.3, 0.4) is 0 Å². The maximum atomic E-state index is 12.4. The minimum atomic E-state index is -3.12. The van der Waals surface area contributed by atoms with Gasteiger partial charge in [-0.05, 0) is 18.6 Å². The van der Waals surface area contributed by atoms with Gasteiger partial charge in [-0.2, -0.15) is 0 Å². The Morgan fingerprint density at radius 1 is 1.11 bits per heavy atom. The van der Waals surface area contributed by atoms with Crippen molar-refractivity contribution in [3.63, 3.8) is 0 Å². The number of methoxy groups -OCH3 is 3. The smallest absolute Gasteiger partial charge is 0.342 e. The minimum Gasteiger partial charge on any atom is -0.493 e. The Labute approximate surface area is 158 Å². The molecule has 2 rings (SSSR count). The van der Waals surface area contributed by atoms with Crippen molar-refractivity contribution < 1.29 is 37.0 Å². The predicted octanol–water partition coefficient (Wildman–Crippen LogP) is 0.515. The molecule has 0 bridgehead atoms. The monoisotopic (exact) mass is 401 g/mol. The van der Waals surface area contributed by atoms with Gasteiger partial charge in [0.1, 0.15) is 5.56 Å². The second-order valence-electron chi connectivity index (χ2n) is 6.02. The third kappa shape index (κ3) is 4.62. The zero-order valence-electron chi connectivity index (χ0n) is 15.7. The molecule has 1 aromatic carbocycles. The molecule has 9 nitrogen and oxygen atoms in total. The number of carbonyl (C=O) groups excluding carboxylic acids is 2. The van der Waals surface area contributed by atoms with Crippen LogP contribution in [-0.2, 0) is 19.4 Å². The maximum Gasteiger partial charge on any atom is 0.342 e. The van der Waals surface area contributed by atoms with Crippen molar-refractivity contribution >= 4 is 21.7 Å². The third-order valence-electron chi connectivity index (χ3n) is 4.40. The molecule has 27 heavy (non-hydrogen) atoms. The Morgan fingerprint density at radius 3 is 2.30 bits per heavy atom. The number of hydrogen-bond donors (Lipinski definition) is 0. The van der Waals surface area contributed by atoms with Gasteiger partial charge in [-0.25, -0.2) is 13.2 Å². The van der Waals surface area contributed by atoms with E-state index in [1.165, 1.54) is 45.4 Å². The van der Waals surface area contributed by atoms with Crippen LogP contribution in [0.5, 0.6) is 17.2 Å². The lowest BCUT2D eigenvalue weighted by atomic mass is 10.1. The van der Waals surface area contributed by atoms with Crippen LogP contribution >= 0.6 is 0 Å². The molecule has 1 aliphatic heterocycles. The van der Waals surface area contributed by atoms with Crippen molar-refractivity contribution in [2.45, 2.75) is 12.5 Å². The Kier molecular flexibility index (Phi) is 6.53. The SMILES string of the molecule is COc1ccc(C(=O)OCC(=O)N(C)C2CCS(=O)(=O)C2)c(OC)c1OC. The highest BCUT2D eigenvalue weighted by molar-refractivity contribution is 7.91. The molecule has 1 amide bonds. The van der Waals surface area contributed by atoms with E-state index in [0.717, 1.165) is 0 Å². The van der Waals surface area contributed by atoms with Gasteiger partial charge in [0, 0.05) is 13.1 Å². The normalized spacial score (nSPS) is 17.9. The summed E-state index contributed by atoms with van der Waals surface area (Å²) in [5.41, 5.74) is 0.0778. The van der Waals surface area contributed by atoms with E-state index in [1.54, 1.807) is 0 Å². The largest absolute Gasteiger partial charge is 0.493 e. The van der Waals surface area contributed by atoms with E-state index < -0.39 is 34.4 Å². The molecule has 1 atom stereocenters. The van der Waals surface area contributed by atoms with Crippen molar-refractivity contribution in [3.05, 3.63) is 17.7 Å². The molecule has 1 aliphatic rings. The van der Waals surface area contributed by atoms with E-state index in [1.807, 2.05) is 0 Å². The number of benzene rings is 1. The van der Waals surface area contributed by atoms with Crippen molar-refractivity contribution in [1.29, 1.82) is 0 Å². The predicted molar refractivity (Wildman–Crippen MR) is 96.2 cm³/mol. The van der Waals surface area contributed by atoms with Gasteiger partial charge in [-0.15, -0.1) is 0 Å². The van der Waals surface area contributed by atoms with E-state index in [9.17, 15) is 18.0 Å². The number of hydrogen-bond acceptors (Lipinski definition) is 8. The Bertz CT molecular complexity index is 820. The van der Waals surface area contributed by atoms with Crippen LogP contribution < -0.4 is 14.2 Å². The van der Waals surface area contributed by atoms with E-state index in [-0.39, 0.29) is 28.6 Å².